The van der Waals surface area contributed by atoms with Gasteiger partial charge >= 0.3 is 5.97 Å². The molecule has 18 heavy (non-hydrogen) atoms. The smallest absolute Gasteiger partial charge is 0.337 e. The molecule has 0 fully saturated rings. The zero-order chi connectivity index (χ0) is 13.3. The van der Waals surface area contributed by atoms with Gasteiger partial charge in [-0.05, 0) is 29.8 Å². The molecule has 0 atom stereocenters. The number of aromatic nitrogens is 1. The van der Waals surface area contributed by atoms with E-state index in [2.05, 4.69) is 4.98 Å². The molecule has 0 aliphatic heterocycles. The lowest BCUT2D eigenvalue weighted by molar-refractivity contribution is 0.0696. The van der Waals surface area contributed by atoms with Crippen LogP contribution in [0.5, 0.6) is 0 Å². The van der Waals surface area contributed by atoms with Crippen molar-refractivity contribution in [2.45, 2.75) is 0 Å². The number of nitrogens with two attached hydrogens (primary N) is 1. The van der Waals surface area contributed by atoms with Gasteiger partial charge in [-0.3, -0.25) is 0 Å². The van der Waals surface area contributed by atoms with Crippen molar-refractivity contribution in [3.8, 4) is 11.1 Å². The molecule has 3 N–H and O–H groups in total. The van der Waals surface area contributed by atoms with Gasteiger partial charge in [-0.2, -0.15) is 0 Å². The zero-order valence-electron chi connectivity index (χ0n) is 9.02. The first kappa shape index (κ1) is 12.7. The third-order valence-electron chi connectivity index (χ3n) is 2.34. The summed E-state index contributed by atoms with van der Waals surface area (Å²) < 4.78 is 0. The minimum Gasteiger partial charge on any atom is -0.478 e. The largest absolute Gasteiger partial charge is 0.478 e. The number of benzene rings is 1. The van der Waals surface area contributed by atoms with Gasteiger partial charge in [0.05, 0.1) is 5.56 Å². The normalized spacial score (nSPS) is 10.3. The van der Waals surface area contributed by atoms with Crippen molar-refractivity contribution in [3.63, 3.8) is 0 Å². The predicted octanol–water partition coefficient (Wildman–Crippen LogP) is 3.34. The summed E-state index contributed by atoms with van der Waals surface area (Å²) in [6.45, 7) is 0. The van der Waals surface area contributed by atoms with Crippen molar-refractivity contribution < 1.29 is 9.90 Å². The Morgan fingerprint density at radius 1 is 1.17 bits per heavy atom. The Labute approximate surface area is 113 Å². The van der Waals surface area contributed by atoms with Gasteiger partial charge in [0.15, 0.2) is 0 Å². The summed E-state index contributed by atoms with van der Waals surface area (Å²) in [5.41, 5.74) is 6.89. The summed E-state index contributed by atoms with van der Waals surface area (Å²) in [7, 11) is 0. The molecule has 0 radical (unpaired) electrons. The van der Waals surface area contributed by atoms with Gasteiger partial charge < -0.3 is 10.8 Å². The van der Waals surface area contributed by atoms with Crippen LogP contribution in [0.15, 0.2) is 30.5 Å². The van der Waals surface area contributed by atoms with Gasteiger partial charge in [-0.15, -0.1) is 0 Å². The molecule has 6 heteroatoms. The van der Waals surface area contributed by atoms with Crippen LogP contribution in [-0.2, 0) is 0 Å². The molecule has 0 saturated heterocycles. The fraction of sp³-hybridized carbons (Fsp3) is 0. The monoisotopic (exact) mass is 282 g/mol. The highest BCUT2D eigenvalue weighted by Crippen LogP contribution is 2.30. The van der Waals surface area contributed by atoms with Crippen LogP contribution in [0.3, 0.4) is 0 Å². The zero-order valence-corrected chi connectivity index (χ0v) is 10.5. The van der Waals surface area contributed by atoms with E-state index >= 15 is 0 Å². The van der Waals surface area contributed by atoms with Crippen LogP contribution in [-0.4, -0.2) is 16.1 Å². The summed E-state index contributed by atoms with van der Waals surface area (Å²) in [5.74, 6) is -0.852. The standard InChI is InChI=1S/C12H8Cl2N2O2/c13-8-1-6(2-9(14)4-8)10-3-7(12(17)18)5-16-11(10)15/h1-5H,(H2,15,16)(H,17,18). The molecule has 0 bridgehead atoms. The number of hydrogen-bond donors (Lipinski definition) is 2. The second-order valence-corrected chi connectivity index (χ2v) is 4.49. The molecule has 0 saturated carbocycles. The third kappa shape index (κ3) is 2.55. The van der Waals surface area contributed by atoms with Crippen molar-refractivity contribution in [1.29, 1.82) is 0 Å². The van der Waals surface area contributed by atoms with Crippen molar-refractivity contribution in [2.24, 2.45) is 0 Å². The number of nitrogen functional groups attached to an aromatic ring is 1. The second-order valence-electron chi connectivity index (χ2n) is 3.62. The molecular weight excluding hydrogens is 275 g/mol. The van der Waals surface area contributed by atoms with E-state index in [4.69, 9.17) is 34.0 Å². The van der Waals surface area contributed by atoms with E-state index in [9.17, 15) is 4.79 Å². The number of carboxylic acids is 1. The SMILES string of the molecule is Nc1ncc(C(=O)O)cc1-c1cc(Cl)cc(Cl)c1. The number of nitrogens with zero attached hydrogens (tertiary/aromatic N) is 1. The molecule has 0 aliphatic rings. The minimum absolute atomic E-state index is 0.0512. The molecule has 1 heterocycles. The number of carbonyl (C=O) groups is 1. The summed E-state index contributed by atoms with van der Waals surface area (Å²) in [5, 5.41) is 9.81. The van der Waals surface area contributed by atoms with E-state index in [1.54, 1.807) is 18.2 Å². The van der Waals surface area contributed by atoms with Crippen LogP contribution >= 0.6 is 23.2 Å². The maximum absolute atomic E-state index is 10.9. The van der Waals surface area contributed by atoms with Gasteiger partial charge in [-0.1, -0.05) is 23.2 Å². The van der Waals surface area contributed by atoms with Crippen LogP contribution in [0.4, 0.5) is 5.82 Å². The average molecular weight is 283 g/mol. The number of halogens is 2. The van der Waals surface area contributed by atoms with Crippen LogP contribution in [0, 0.1) is 0 Å². The van der Waals surface area contributed by atoms with Gasteiger partial charge in [0.1, 0.15) is 5.82 Å². The molecule has 0 aliphatic carbocycles. The molecular formula is C12H8Cl2N2O2. The Balaban J connectivity index is 2.62. The summed E-state index contributed by atoms with van der Waals surface area (Å²) in [6.07, 6.45) is 1.20. The molecule has 2 rings (SSSR count). The predicted molar refractivity (Wildman–Crippen MR) is 71.1 cm³/mol. The van der Waals surface area contributed by atoms with Crippen molar-refractivity contribution in [1.82, 2.24) is 4.98 Å². The third-order valence-corrected chi connectivity index (χ3v) is 2.78. The topological polar surface area (TPSA) is 76.2 Å². The summed E-state index contributed by atoms with van der Waals surface area (Å²) in [6, 6.07) is 6.31. The lowest BCUT2D eigenvalue weighted by Crippen LogP contribution is -2.01. The number of hydrogen-bond acceptors (Lipinski definition) is 3. The summed E-state index contributed by atoms with van der Waals surface area (Å²) in [4.78, 5) is 14.7. The molecule has 1 aromatic heterocycles. The van der Waals surface area contributed by atoms with Gasteiger partial charge in [0.25, 0.3) is 0 Å². The second kappa shape index (κ2) is 4.84. The van der Waals surface area contributed by atoms with E-state index in [0.717, 1.165) is 0 Å². The minimum atomic E-state index is -1.07. The highest BCUT2D eigenvalue weighted by molar-refractivity contribution is 6.35. The molecule has 2 aromatic rings. The maximum Gasteiger partial charge on any atom is 0.337 e. The number of aromatic carboxylic acids is 1. The first-order valence-electron chi connectivity index (χ1n) is 4.92. The van der Waals surface area contributed by atoms with Crippen LogP contribution in [0.2, 0.25) is 10.0 Å². The molecule has 92 valence electrons. The molecule has 0 unspecified atom stereocenters. The fourth-order valence-corrected chi connectivity index (χ4v) is 2.06. The molecule has 0 spiro atoms. The number of rotatable bonds is 2. The first-order chi connectivity index (χ1) is 8.47. The van der Waals surface area contributed by atoms with E-state index in [1.165, 1.54) is 12.3 Å². The quantitative estimate of drug-likeness (QED) is 0.886. The van der Waals surface area contributed by atoms with Crippen LogP contribution in [0.25, 0.3) is 11.1 Å². The van der Waals surface area contributed by atoms with E-state index < -0.39 is 5.97 Å². The lowest BCUT2D eigenvalue weighted by atomic mass is 10.0. The van der Waals surface area contributed by atoms with E-state index in [1.807, 2.05) is 0 Å². The van der Waals surface area contributed by atoms with Gasteiger partial charge in [0.2, 0.25) is 0 Å². The average Bonchev–Trinajstić information content (AvgIpc) is 2.27. The van der Waals surface area contributed by atoms with E-state index in [-0.39, 0.29) is 11.4 Å². The Bertz CT molecular complexity index is 609. The van der Waals surface area contributed by atoms with Gasteiger partial charge in [-0.25, -0.2) is 9.78 Å². The van der Waals surface area contributed by atoms with Crippen molar-refractivity contribution in [3.05, 3.63) is 46.1 Å². The Morgan fingerprint density at radius 3 is 2.33 bits per heavy atom. The Morgan fingerprint density at radius 2 is 1.78 bits per heavy atom. The Hall–Kier alpha value is -1.78. The highest BCUT2D eigenvalue weighted by Gasteiger charge is 2.11. The van der Waals surface area contributed by atoms with Crippen molar-refractivity contribution >= 4 is 35.0 Å². The number of pyridine rings is 1. The molecule has 1 aromatic carbocycles. The molecule has 4 nitrogen and oxygen atoms in total. The van der Waals surface area contributed by atoms with Crippen molar-refractivity contribution in [2.75, 3.05) is 5.73 Å². The van der Waals surface area contributed by atoms with E-state index in [0.29, 0.717) is 21.2 Å². The molecule has 0 amide bonds. The first-order valence-corrected chi connectivity index (χ1v) is 5.68. The van der Waals surface area contributed by atoms with Crippen LogP contribution in [0.1, 0.15) is 10.4 Å². The Kier molecular flexibility index (Phi) is 3.41. The fourth-order valence-electron chi connectivity index (χ4n) is 1.53. The maximum atomic E-state index is 10.9. The number of anilines is 1. The highest BCUT2D eigenvalue weighted by atomic mass is 35.5. The van der Waals surface area contributed by atoms with Crippen LogP contribution < -0.4 is 5.73 Å². The number of carboxylic acid groups (broad SMARTS) is 1. The lowest BCUT2D eigenvalue weighted by Gasteiger charge is -2.07. The summed E-state index contributed by atoms with van der Waals surface area (Å²) >= 11 is 11.8. The van der Waals surface area contributed by atoms with Gasteiger partial charge in [0, 0.05) is 21.8 Å².